The Balaban J connectivity index is 1.42. The third-order valence-electron chi connectivity index (χ3n) is 4.72. The van der Waals surface area contributed by atoms with Gasteiger partial charge in [-0.2, -0.15) is 0 Å². The molecule has 1 saturated heterocycles. The van der Waals surface area contributed by atoms with Crippen LogP contribution >= 0.6 is 0 Å². The smallest absolute Gasteiger partial charge is 0.251 e. The number of fused-ring (bicyclic) bond motifs is 1. The first-order valence-corrected chi connectivity index (χ1v) is 8.84. The Morgan fingerprint density at radius 3 is 3.00 bits per heavy atom. The minimum Gasteiger partial charge on any atom is -0.383 e. The first kappa shape index (κ1) is 16.4. The number of pyridine rings is 1. The van der Waals surface area contributed by atoms with Gasteiger partial charge in [-0.3, -0.25) is 9.59 Å². The Morgan fingerprint density at radius 2 is 2.15 bits per heavy atom. The van der Waals surface area contributed by atoms with Gasteiger partial charge in [-0.1, -0.05) is 6.07 Å². The first-order valence-electron chi connectivity index (χ1n) is 8.84. The third-order valence-corrected chi connectivity index (χ3v) is 4.72. The highest BCUT2D eigenvalue weighted by atomic mass is 16.2. The van der Waals surface area contributed by atoms with Gasteiger partial charge in [-0.15, -0.1) is 0 Å². The van der Waals surface area contributed by atoms with E-state index in [9.17, 15) is 9.59 Å². The molecule has 3 heterocycles. The van der Waals surface area contributed by atoms with Crippen molar-refractivity contribution in [2.45, 2.75) is 18.9 Å². The van der Waals surface area contributed by atoms with Crippen LogP contribution < -0.4 is 20.9 Å². The summed E-state index contributed by atoms with van der Waals surface area (Å²) in [5.74, 6) is 0.762. The van der Waals surface area contributed by atoms with E-state index in [4.69, 9.17) is 0 Å². The predicted octanol–water partition coefficient (Wildman–Crippen LogP) is 1.84. The number of hydrogen-bond donors (Lipinski definition) is 3. The van der Waals surface area contributed by atoms with E-state index in [1.54, 1.807) is 18.3 Å². The molecule has 0 radical (unpaired) electrons. The average Bonchev–Trinajstić information content (AvgIpc) is 3.03. The first-order chi connectivity index (χ1) is 12.7. The number of aromatic nitrogens is 1. The van der Waals surface area contributed by atoms with Crippen molar-refractivity contribution in [2.75, 3.05) is 35.2 Å². The van der Waals surface area contributed by atoms with Crippen molar-refractivity contribution in [2.24, 2.45) is 0 Å². The van der Waals surface area contributed by atoms with Crippen LogP contribution in [0.2, 0.25) is 0 Å². The molecular weight excluding hydrogens is 330 g/mol. The Labute approximate surface area is 151 Å². The minimum absolute atomic E-state index is 0.0457. The summed E-state index contributed by atoms with van der Waals surface area (Å²) < 4.78 is 0. The van der Waals surface area contributed by atoms with Crippen LogP contribution in [-0.4, -0.2) is 42.5 Å². The van der Waals surface area contributed by atoms with Gasteiger partial charge in [0, 0.05) is 43.9 Å². The molecule has 2 aliphatic rings. The van der Waals surface area contributed by atoms with E-state index >= 15 is 0 Å². The van der Waals surface area contributed by atoms with Crippen LogP contribution in [0.1, 0.15) is 23.2 Å². The van der Waals surface area contributed by atoms with Gasteiger partial charge in [0.05, 0.1) is 11.4 Å². The van der Waals surface area contributed by atoms with E-state index in [0.29, 0.717) is 24.2 Å². The molecule has 2 aliphatic heterocycles. The summed E-state index contributed by atoms with van der Waals surface area (Å²) in [6, 6.07) is 11.3. The van der Waals surface area contributed by atoms with Gasteiger partial charge in [0.1, 0.15) is 5.82 Å². The molecule has 1 aromatic heterocycles. The molecule has 0 saturated carbocycles. The molecule has 4 rings (SSSR count). The highest BCUT2D eigenvalue weighted by Crippen LogP contribution is 2.26. The zero-order valence-electron chi connectivity index (χ0n) is 14.4. The van der Waals surface area contributed by atoms with Crippen LogP contribution in [0.3, 0.4) is 0 Å². The second kappa shape index (κ2) is 7.03. The lowest BCUT2D eigenvalue weighted by atomic mass is 10.1. The monoisotopic (exact) mass is 351 g/mol. The number of nitrogens with zero attached hydrogens (tertiary/aromatic N) is 2. The topological polar surface area (TPSA) is 86.4 Å². The molecule has 1 fully saturated rings. The Hall–Kier alpha value is -3.09. The summed E-state index contributed by atoms with van der Waals surface area (Å²) >= 11 is 0. The number of carbonyl (C=O) groups excluding carboxylic acids is 2. The molecule has 2 amide bonds. The molecule has 1 aromatic carbocycles. The zero-order valence-corrected chi connectivity index (χ0v) is 14.4. The molecule has 1 unspecified atom stereocenters. The predicted molar refractivity (Wildman–Crippen MR) is 100 cm³/mol. The number of anilines is 3. The lowest BCUT2D eigenvalue weighted by Gasteiger charge is -2.18. The number of amides is 2. The fourth-order valence-electron chi connectivity index (χ4n) is 3.36. The van der Waals surface area contributed by atoms with Gasteiger partial charge in [-0.25, -0.2) is 4.98 Å². The van der Waals surface area contributed by atoms with Crippen molar-refractivity contribution in [1.82, 2.24) is 10.3 Å². The van der Waals surface area contributed by atoms with E-state index in [1.165, 1.54) is 0 Å². The zero-order chi connectivity index (χ0) is 17.9. The van der Waals surface area contributed by atoms with Gasteiger partial charge in [0.25, 0.3) is 5.91 Å². The second-order valence-electron chi connectivity index (χ2n) is 6.58. The van der Waals surface area contributed by atoms with Crippen LogP contribution in [0.4, 0.5) is 17.2 Å². The van der Waals surface area contributed by atoms with Crippen LogP contribution in [0.25, 0.3) is 0 Å². The number of hydrogen-bond acceptors (Lipinski definition) is 5. The second-order valence-corrected chi connectivity index (χ2v) is 6.58. The van der Waals surface area contributed by atoms with Gasteiger partial charge in [0.15, 0.2) is 0 Å². The highest BCUT2D eigenvalue weighted by Gasteiger charge is 2.25. The molecule has 7 heteroatoms. The molecule has 26 heavy (non-hydrogen) atoms. The van der Waals surface area contributed by atoms with Crippen molar-refractivity contribution in [3.05, 3.63) is 48.2 Å². The minimum atomic E-state index is -0.126. The molecule has 1 atom stereocenters. The van der Waals surface area contributed by atoms with Crippen molar-refractivity contribution >= 4 is 29.0 Å². The van der Waals surface area contributed by atoms with Gasteiger partial charge < -0.3 is 20.9 Å². The summed E-state index contributed by atoms with van der Waals surface area (Å²) in [7, 11) is 0. The number of rotatable bonds is 3. The molecule has 0 spiro atoms. The lowest BCUT2D eigenvalue weighted by Crippen LogP contribution is -2.37. The van der Waals surface area contributed by atoms with Crippen LogP contribution in [0, 0.1) is 0 Å². The summed E-state index contributed by atoms with van der Waals surface area (Å²) in [5.41, 5.74) is 2.04. The molecule has 0 aliphatic carbocycles. The number of benzene rings is 1. The molecule has 7 nitrogen and oxygen atoms in total. The Morgan fingerprint density at radius 1 is 1.23 bits per heavy atom. The van der Waals surface area contributed by atoms with E-state index in [-0.39, 0.29) is 17.9 Å². The van der Waals surface area contributed by atoms with E-state index < -0.39 is 0 Å². The fourth-order valence-corrected chi connectivity index (χ4v) is 3.36. The maximum Gasteiger partial charge on any atom is 0.251 e. The standard InChI is InChI=1S/C19H21N5O2/c25-18-6-9-20-15-5-4-13(11-16(15)23-18)19(26)22-14-7-10-24(12-14)17-3-1-2-8-21-17/h1-5,8,11,14,20H,6-7,9-10,12H2,(H,22,26)(H,23,25). The molecule has 3 N–H and O–H groups in total. The Kier molecular flexibility index (Phi) is 4.43. The summed E-state index contributed by atoms with van der Waals surface area (Å²) in [6.45, 7) is 2.20. The summed E-state index contributed by atoms with van der Waals surface area (Å²) in [5, 5.41) is 9.12. The highest BCUT2D eigenvalue weighted by molar-refractivity contribution is 6.00. The van der Waals surface area contributed by atoms with Gasteiger partial charge in [0.2, 0.25) is 5.91 Å². The van der Waals surface area contributed by atoms with Crippen molar-refractivity contribution in [3.63, 3.8) is 0 Å². The lowest BCUT2D eigenvalue weighted by molar-refractivity contribution is -0.115. The van der Waals surface area contributed by atoms with Crippen LogP contribution in [0.15, 0.2) is 42.6 Å². The van der Waals surface area contributed by atoms with Gasteiger partial charge >= 0.3 is 0 Å². The van der Waals surface area contributed by atoms with E-state index in [2.05, 4.69) is 25.8 Å². The Bertz CT molecular complexity index is 824. The molecule has 134 valence electrons. The molecular formula is C19H21N5O2. The van der Waals surface area contributed by atoms with E-state index in [1.807, 2.05) is 24.3 Å². The maximum atomic E-state index is 12.6. The number of nitrogens with one attached hydrogen (secondary N) is 3. The quantitative estimate of drug-likeness (QED) is 0.786. The normalized spacial score (nSPS) is 19.2. The largest absolute Gasteiger partial charge is 0.383 e. The van der Waals surface area contributed by atoms with Crippen LogP contribution in [-0.2, 0) is 4.79 Å². The SMILES string of the molecule is O=C1CCNc2ccc(C(=O)NC3CCN(c4ccccn4)C3)cc2N1. The average molecular weight is 351 g/mol. The molecule has 0 bridgehead atoms. The summed E-state index contributed by atoms with van der Waals surface area (Å²) in [6.07, 6.45) is 3.08. The van der Waals surface area contributed by atoms with Gasteiger partial charge in [-0.05, 0) is 36.8 Å². The van der Waals surface area contributed by atoms with Crippen molar-refractivity contribution in [1.29, 1.82) is 0 Å². The fraction of sp³-hybridized carbons (Fsp3) is 0.316. The number of carbonyl (C=O) groups is 2. The third kappa shape index (κ3) is 3.46. The van der Waals surface area contributed by atoms with Crippen LogP contribution in [0.5, 0.6) is 0 Å². The molecule has 2 aromatic rings. The summed E-state index contributed by atoms with van der Waals surface area (Å²) in [4.78, 5) is 30.9. The maximum absolute atomic E-state index is 12.6. The van der Waals surface area contributed by atoms with Crippen molar-refractivity contribution in [3.8, 4) is 0 Å². The van der Waals surface area contributed by atoms with Crippen molar-refractivity contribution < 1.29 is 9.59 Å². The van der Waals surface area contributed by atoms with E-state index in [0.717, 1.165) is 31.0 Å².